The highest BCUT2D eigenvalue weighted by molar-refractivity contribution is 7.99. The first-order chi connectivity index (χ1) is 8.06. The van der Waals surface area contributed by atoms with Crippen molar-refractivity contribution in [3.8, 4) is 0 Å². The fourth-order valence-electron chi connectivity index (χ4n) is 1.62. The molecule has 1 atom stereocenters. The van der Waals surface area contributed by atoms with Crippen molar-refractivity contribution in [3.63, 3.8) is 0 Å². The number of thioether (sulfide) groups is 1. The van der Waals surface area contributed by atoms with Crippen LogP contribution < -0.4 is 11.1 Å². The van der Waals surface area contributed by atoms with E-state index in [1.165, 1.54) is 0 Å². The van der Waals surface area contributed by atoms with Gasteiger partial charge in [0.1, 0.15) is 0 Å². The highest BCUT2D eigenvalue weighted by Crippen LogP contribution is 2.15. The lowest BCUT2D eigenvalue weighted by Gasteiger charge is -2.26. The first kappa shape index (κ1) is 16.7. The van der Waals surface area contributed by atoms with Gasteiger partial charge in [0.25, 0.3) is 0 Å². The molecule has 0 saturated carbocycles. The summed E-state index contributed by atoms with van der Waals surface area (Å²) < 4.78 is 4.97. The van der Waals surface area contributed by atoms with E-state index >= 15 is 0 Å². The third-order valence-electron chi connectivity index (χ3n) is 2.76. The molecule has 102 valence electrons. The van der Waals surface area contributed by atoms with Gasteiger partial charge in [0, 0.05) is 12.9 Å². The largest absolute Gasteiger partial charge is 0.384 e. The van der Waals surface area contributed by atoms with Gasteiger partial charge in [0.15, 0.2) is 0 Å². The van der Waals surface area contributed by atoms with Gasteiger partial charge in [-0.05, 0) is 32.1 Å². The van der Waals surface area contributed by atoms with Crippen LogP contribution in [0.25, 0.3) is 0 Å². The fourth-order valence-corrected chi connectivity index (χ4v) is 2.51. The summed E-state index contributed by atoms with van der Waals surface area (Å²) in [6, 6.07) is 0. The van der Waals surface area contributed by atoms with Gasteiger partial charge in [0.05, 0.1) is 12.1 Å². The molecular formula is C12H26N2O2S. The summed E-state index contributed by atoms with van der Waals surface area (Å²) >= 11 is 1.89. The van der Waals surface area contributed by atoms with Gasteiger partial charge in [0.2, 0.25) is 5.91 Å². The van der Waals surface area contributed by atoms with E-state index in [0.717, 1.165) is 43.9 Å². The van der Waals surface area contributed by atoms with E-state index in [4.69, 9.17) is 10.5 Å². The zero-order chi connectivity index (χ0) is 13.1. The maximum absolute atomic E-state index is 11.4. The van der Waals surface area contributed by atoms with Gasteiger partial charge in [-0.25, -0.2) is 0 Å². The Bertz CT molecular complexity index is 215. The number of ether oxygens (including phenoxy) is 1. The molecule has 0 saturated heterocycles. The van der Waals surface area contributed by atoms with Crippen molar-refractivity contribution in [2.24, 2.45) is 5.73 Å². The quantitative estimate of drug-likeness (QED) is 0.552. The molecule has 0 aromatic rings. The molecule has 0 fully saturated rings. The van der Waals surface area contributed by atoms with E-state index in [-0.39, 0.29) is 5.91 Å². The number of rotatable bonds is 11. The monoisotopic (exact) mass is 262 g/mol. The van der Waals surface area contributed by atoms with Crippen LogP contribution in [0.15, 0.2) is 0 Å². The molecule has 0 aliphatic carbocycles. The Labute approximate surface area is 109 Å². The van der Waals surface area contributed by atoms with Crippen molar-refractivity contribution in [3.05, 3.63) is 0 Å². The molecular weight excluding hydrogens is 236 g/mol. The minimum atomic E-state index is -0.550. The van der Waals surface area contributed by atoms with Gasteiger partial charge in [-0.15, -0.1) is 0 Å². The molecule has 0 heterocycles. The van der Waals surface area contributed by atoms with Crippen molar-refractivity contribution >= 4 is 17.7 Å². The van der Waals surface area contributed by atoms with Gasteiger partial charge in [-0.3, -0.25) is 4.79 Å². The van der Waals surface area contributed by atoms with Crippen molar-refractivity contribution in [2.45, 2.75) is 38.6 Å². The average molecular weight is 262 g/mol. The van der Waals surface area contributed by atoms with E-state index in [1.807, 2.05) is 25.6 Å². The zero-order valence-corrected chi connectivity index (χ0v) is 12.1. The Hall–Kier alpha value is -0.260. The lowest BCUT2D eigenvalue weighted by atomic mass is 9.94. The van der Waals surface area contributed by atoms with E-state index in [2.05, 4.69) is 5.32 Å². The number of amides is 1. The van der Waals surface area contributed by atoms with Crippen LogP contribution in [0.2, 0.25) is 0 Å². The first-order valence-corrected chi connectivity index (χ1v) is 7.34. The number of primary amides is 1. The van der Waals surface area contributed by atoms with E-state index in [9.17, 15) is 4.79 Å². The third kappa shape index (κ3) is 7.63. The molecule has 1 amide bonds. The molecule has 4 nitrogen and oxygen atoms in total. The molecule has 3 N–H and O–H groups in total. The summed E-state index contributed by atoms with van der Waals surface area (Å²) in [5, 5.41) is 3.17. The van der Waals surface area contributed by atoms with Gasteiger partial charge in [-0.2, -0.15) is 11.8 Å². The smallest absolute Gasteiger partial charge is 0.237 e. The Balaban J connectivity index is 3.65. The molecule has 5 heteroatoms. The molecule has 0 aliphatic rings. The number of methoxy groups -OCH3 is 1. The Morgan fingerprint density at radius 2 is 2.12 bits per heavy atom. The highest BCUT2D eigenvalue weighted by atomic mass is 32.2. The average Bonchev–Trinajstić information content (AvgIpc) is 2.28. The fraction of sp³-hybridized carbons (Fsp3) is 0.917. The second-order valence-corrected chi connectivity index (χ2v) is 5.51. The van der Waals surface area contributed by atoms with Gasteiger partial charge >= 0.3 is 0 Å². The summed E-state index contributed by atoms with van der Waals surface area (Å²) in [7, 11) is 1.72. The SMILES string of the molecule is CCNC(C)(CCCCSCCOC)C(N)=O. The van der Waals surface area contributed by atoms with Crippen LogP contribution in [-0.4, -0.2) is 43.2 Å². The van der Waals surface area contributed by atoms with Crippen molar-refractivity contribution in [2.75, 3.05) is 31.8 Å². The van der Waals surface area contributed by atoms with Crippen LogP contribution in [0.3, 0.4) is 0 Å². The van der Waals surface area contributed by atoms with Crippen LogP contribution in [0.5, 0.6) is 0 Å². The van der Waals surface area contributed by atoms with Crippen molar-refractivity contribution < 1.29 is 9.53 Å². The summed E-state index contributed by atoms with van der Waals surface area (Å²) in [4.78, 5) is 11.4. The minimum absolute atomic E-state index is 0.258. The molecule has 0 aliphatic heterocycles. The topological polar surface area (TPSA) is 64.3 Å². The molecule has 0 radical (unpaired) electrons. The molecule has 1 unspecified atom stereocenters. The third-order valence-corrected chi connectivity index (χ3v) is 3.79. The van der Waals surface area contributed by atoms with E-state index in [1.54, 1.807) is 7.11 Å². The number of hydrogen-bond donors (Lipinski definition) is 2. The molecule has 17 heavy (non-hydrogen) atoms. The minimum Gasteiger partial charge on any atom is -0.384 e. The first-order valence-electron chi connectivity index (χ1n) is 6.18. The summed E-state index contributed by atoms with van der Waals surface area (Å²) in [5.41, 5.74) is 4.86. The number of nitrogens with one attached hydrogen (secondary N) is 1. The maximum atomic E-state index is 11.4. The summed E-state index contributed by atoms with van der Waals surface area (Å²) in [6.45, 7) is 5.45. The van der Waals surface area contributed by atoms with Gasteiger partial charge < -0.3 is 15.8 Å². The normalized spacial score (nSPS) is 14.5. The van der Waals surface area contributed by atoms with E-state index in [0.29, 0.717) is 0 Å². The van der Waals surface area contributed by atoms with Crippen LogP contribution in [0, 0.1) is 0 Å². The Morgan fingerprint density at radius 3 is 2.65 bits per heavy atom. The lowest BCUT2D eigenvalue weighted by molar-refractivity contribution is -0.124. The number of unbranched alkanes of at least 4 members (excludes halogenated alkanes) is 1. The van der Waals surface area contributed by atoms with Crippen molar-refractivity contribution in [1.82, 2.24) is 5.32 Å². The number of nitrogens with two attached hydrogens (primary N) is 1. The second-order valence-electron chi connectivity index (χ2n) is 4.29. The van der Waals surface area contributed by atoms with E-state index < -0.39 is 5.54 Å². The lowest BCUT2D eigenvalue weighted by Crippen LogP contribution is -2.52. The standard InChI is InChI=1S/C12H26N2O2S/c1-4-14-12(2,11(13)15)7-5-6-9-17-10-8-16-3/h14H,4-10H2,1-3H3,(H2,13,15). The zero-order valence-electron chi connectivity index (χ0n) is 11.3. The summed E-state index contributed by atoms with van der Waals surface area (Å²) in [6.07, 6.45) is 2.94. The maximum Gasteiger partial charge on any atom is 0.237 e. The molecule has 0 aromatic carbocycles. The Kier molecular flexibility index (Phi) is 9.59. The highest BCUT2D eigenvalue weighted by Gasteiger charge is 2.28. The second kappa shape index (κ2) is 9.74. The predicted octanol–water partition coefficient (Wildman–Crippen LogP) is 1.39. The number of carbonyl (C=O) groups excluding carboxylic acids is 1. The van der Waals surface area contributed by atoms with Crippen LogP contribution >= 0.6 is 11.8 Å². The van der Waals surface area contributed by atoms with Crippen LogP contribution in [-0.2, 0) is 9.53 Å². The molecule has 0 spiro atoms. The molecule has 0 rings (SSSR count). The van der Waals surface area contributed by atoms with Crippen LogP contribution in [0.4, 0.5) is 0 Å². The number of carbonyl (C=O) groups is 1. The van der Waals surface area contributed by atoms with Gasteiger partial charge in [-0.1, -0.05) is 13.3 Å². The van der Waals surface area contributed by atoms with Crippen molar-refractivity contribution in [1.29, 1.82) is 0 Å². The Morgan fingerprint density at radius 1 is 1.41 bits per heavy atom. The molecule has 0 bridgehead atoms. The molecule has 0 aromatic heterocycles. The number of hydrogen-bond acceptors (Lipinski definition) is 4. The van der Waals surface area contributed by atoms with Crippen LogP contribution in [0.1, 0.15) is 33.1 Å². The number of likely N-dealkylation sites (N-methyl/N-ethyl adjacent to an activating group) is 1. The predicted molar refractivity (Wildman–Crippen MR) is 74.3 cm³/mol. The summed E-state index contributed by atoms with van der Waals surface area (Å²) in [5.74, 6) is 1.90.